The van der Waals surface area contributed by atoms with E-state index >= 15 is 0 Å². The molecule has 2 aliphatic rings. The van der Waals surface area contributed by atoms with E-state index in [1.807, 2.05) is 18.2 Å². The lowest BCUT2D eigenvalue weighted by atomic mass is 9.97. The summed E-state index contributed by atoms with van der Waals surface area (Å²) in [6, 6.07) is 7.24. The van der Waals surface area contributed by atoms with Crippen molar-refractivity contribution < 1.29 is 19.4 Å². The molecule has 1 saturated heterocycles. The third kappa shape index (κ3) is 3.40. The molecule has 0 aromatic heterocycles. The summed E-state index contributed by atoms with van der Waals surface area (Å²) in [5.41, 5.74) is 0.536. The van der Waals surface area contributed by atoms with Crippen molar-refractivity contribution in [3.8, 4) is 5.75 Å². The van der Waals surface area contributed by atoms with E-state index in [-0.39, 0.29) is 12.5 Å². The van der Waals surface area contributed by atoms with Gasteiger partial charge in [-0.1, -0.05) is 12.1 Å². The molecule has 5 nitrogen and oxygen atoms in total. The molecule has 1 heterocycles. The molecular weight excluding hydrogens is 282 g/mol. The number of hydrogen-bond acceptors (Lipinski definition) is 3. The smallest absolute Gasteiger partial charge is 0.308 e. The third-order valence-corrected chi connectivity index (χ3v) is 4.35. The Hall–Kier alpha value is -2.04. The molecule has 22 heavy (non-hydrogen) atoms. The van der Waals surface area contributed by atoms with Crippen molar-refractivity contribution in [2.24, 2.45) is 11.8 Å². The maximum Gasteiger partial charge on any atom is 0.308 e. The van der Waals surface area contributed by atoms with Crippen molar-refractivity contribution in [1.82, 2.24) is 4.90 Å². The Balaban J connectivity index is 1.71. The lowest BCUT2D eigenvalue weighted by molar-refractivity contribution is -0.143. The van der Waals surface area contributed by atoms with E-state index in [2.05, 4.69) is 0 Å². The number of likely N-dealkylation sites (tertiary alicyclic amines) is 1. The molecular formula is C17H21NO4. The SMILES string of the molecule is O=C(O)C1CCCN(C(=O)c2ccccc2OCC2CC2)C1. The van der Waals surface area contributed by atoms with E-state index in [0.29, 0.717) is 36.8 Å². The summed E-state index contributed by atoms with van der Waals surface area (Å²) in [6.07, 6.45) is 3.76. The van der Waals surface area contributed by atoms with Crippen molar-refractivity contribution in [1.29, 1.82) is 0 Å². The monoisotopic (exact) mass is 303 g/mol. The summed E-state index contributed by atoms with van der Waals surface area (Å²) in [7, 11) is 0. The zero-order valence-corrected chi connectivity index (χ0v) is 12.5. The Labute approximate surface area is 129 Å². The van der Waals surface area contributed by atoms with E-state index in [0.717, 1.165) is 6.42 Å². The Kier molecular flexibility index (Phi) is 4.32. The van der Waals surface area contributed by atoms with Crippen LogP contribution < -0.4 is 4.74 Å². The Morgan fingerprint density at radius 2 is 2.00 bits per heavy atom. The number of para-hydroxylation sites is 1. The molecule has 1 aliphatic carbocycles. The van der Waals surface area contributed by atoms with Gasteiger partial charge in [0.2, 0.25) is 0 Å². The summed E-state index contributed by atoms with van der Waals surface area (Å²) < 4.78 is 5.78. The molecule has 1 aliphatic heterocycles. The third-order valence-electron chi connectivity index (χ3n) is 4.35. The molecule has 1 aromatic rings. The number of benzene rings is 1. The normalized spacial score (nSPS) is 21.5. The number of ether oxygens (including phenoxy) is 1. The second-order valence-corrected chi connectivity index (χ2v) is 6.18. The van der Waals surface area contributed by atoms with Gasteiger partial charge in [0.25, 0.3) is 5.91 Å². The fraction of sp³-hybridized carbons (Fsp3) is 0.529. The van der Waals surface area contributed by atoms with Crippen LogP contribution in [0.2, 0.25) is 0 Å². The lowest BCUT2D eigenvalue weighted by Gasteiger charge is -2.31. The Morgan fingerprint density at radius 3 is 2.73 bits per heavy atom. The molecule has 0 radical (unpaired) electrons. The highest BCUT2D eigenvalue weighted by Gasteiger charge is 2.30. The van der Waals surface area contributed by atoms with Crippen molar-refractivity contribution in [3.63, 3.8) is 0 Å². The summed E-state index contributed by atoms with van der Waals surface area (Å²) in [6.45, 7) is 1.55. The van der Waals surface area contributed by atoms with Crippen molar-refractivity contribution in [3.05, 3.63) is 29.8 Å². The number of piperidine rings is 1. The van der Waals surface area contributed by atoms with Gasteiger partial charge in [0, 0.05) is 13.1 Å². The number of nitrogens with zero attached hydrogens (tertiary/aromatic N) is 1. The second kappa shape index (κ2) is 6.38. The van der Waals surface area contributed by atoms with Crippen LogP contribution in [0.1, 0.15) is 36.0 Å². The van der Waals surface area contributed by atoms with Gasteiger partial charge in [-0.05, 0) is 43.7 Å². The van der Waals surface area contributed by atoms with Gasteiger partial charge in [-0.2, -0.15) is 0 Å². The molecule has 1 atom stereocenters. The maximum absolute atomic E-state index is 12.7. The van der Waals surface area contributed by atoms with Gasteiger partial charge in [-0.3, -0.25) is 9.59 Å². The number of rotatable bonds is 5. The molecule has 1 saturated carbocycles. The fourth-order valence-electron chi connectivity index (χ4n) is 2.79. The lowest BCUT2D eigenvalue weighted by Crippen LogP contribution is -2.42. The van der Waals surface area contributed by atoms with E-state index in [1.165, 1.54) is 12.8 Å². The first-order valence-corrected chi connectivity index (χ1v) is 7.89. The first-order chi connectivity index (χ1) is 10.6. The maximum atomic E-state index is 12.7. The van der Waals surface area contributed by atoms with Crippen LogP contribution in [0.3, 0.4) is 0 Å². The number of carbonyl (C=O) groups is 2. The number of aliphatic carboxylic acids is 1. The van der Waals surface area contributed by atoms with Gasteiger partial charge in [0.1, 0.15) is 5.75 Å². The summed E-state index contributed by atoms with van der Waals surface area (Å²) >= 11 is 0. The van der Waals surface area contributed by atoms with Gasteiger partial charge in [0.05, 0.1) is 18.1 Å². The highest BCUT2D eigenvalue weighted by molar-refractivity contribution is 5.97. The number of hydrogen-bond donors (Lipinski definition) is 1. The Bertz CT molecular complexity index is 568. The van der Waals surface area contributed by atoms with Crippen LogP contribution in [-0.2, 0) is 4.79 Å². The van der Waals surface area contributed by atoms with Gasteiger partial charge in [-0.15, -0.1) is 0 Å². The fourth-order valence-corrected chi connectivity index (χ4v) is 2.79. The highest BCUT2D eigenvalue weighted by Crippen LogP contribution is 2.31. The van der Waals surface area contributed by atoms with Crippen LogP contribution in [-0.4, -0.2) is 41.6 Å². The van der Waals surface area contributed by atoms with Crippen molar-refractivity contribution >= 4 is 11.9 Å². The minimum absolute atomic E-state index is 0.127. The topological polar surface area (TPSA) is 66.8 Å². The van der Waals surface area contributed by atoms with E-state index in [1.54, 1.807) is 11.0 Å². The molecule has 5 heteroatoms. The van der Waals surface area contributed by atoms with Gasteiger partial charge >= 0.3 is 5.97 Å². The summed E-state index contributed by atoms with van der Waals surface area (Å²) in [5, 5.41) is 9.15. The minimum Gasteiger partial charge on any atom is -0.492 e. The first-order valence-electron chi connectivity index (χ1n) is 7.89. The average Bonchev–Trinajstić information content (AvgIpc) is 3.37. The molecule has 1 N–H and O–H groups in total. The summed E-state index contributed by atoms with van der Waals surface area (Å²) in [4.78, 5) is 25.5. The number of amides is 1. The zero-order valence-electron chi connectivity index (χ0n) is 12.5. The minimum atomic E-state index is -0.823. The predicted octanol–water partition coefficient (Wildman–Crippen LogP) is 2.41. The standard InChI is InChI=1S/C17H21NO4/c19-16(18-9-3-4-13(10-18)17(20)21)14-5-1-2-6-15(14)22-11-12-7-8-12/h1-2,5-6,12-13H,3-4,7-11H2,(H,20,21). The van der Waals surface area contributed by atoms with E-state index in [9.17, 15) is 9.59 Å². The molecule has 1 amide bonds. The van der Waals surface area contributed by atoms with Crippen LogP contribution >= 0.6 is 0 Å². The second-order valence-electron chi connectivity index (χ2n) is 6.18. The van der Waals surface area contributed by atoms with E-state index < -0.39 is 11.9 Å². The van der Waals surface area contributed by atoms with Gasteiger partial charge < -0.3 is 14.7 Å². The molecule has 2 fully saturated rings. The van der Waals surface area contributed by atoms with Crippen molar-refractivity contribution in [2.45, 2.75) is 25.7 Å². The first kappa shape index (κ1) is 14.9. The van der Waals surface area contributed by atoms with Crippen LogP contribution in [0.15, 0.2) is 24.3 Å². The van der Waals surface area contributed by atoms with Crippen LogP contribution in [0.4, 0.5) is 0 Å². The largest absolute Gasteiger partial charge is 0.492 e. The van der Waals surface area contributed by atoms with Crippen LogP contribution in [0.25, 0.3) is 0 Å². The molecule has 3 rings (SSSR count). The zero-order chi connectivity index (χ0) is 15.5. The molecule has 0 bridgehead atoms. The molecule has 1 unspecified atom stereocenters. The number of carboxylic acids is 1. The molecule has 1 aromatic carbocycles. The molecule has 118 valence electrons. The average molecular weight is 303 g/mol. The van der Waals surface area contributed by atoms with Gasteiger partial charge in [0.15, 0.2) is 0 Å². The van der Waals surface area contributed by atoms with Crippen LogP contribution in [0, 0.1) is 11.8 Å². The quantitative estimate of drug-likeness (QED) is 0.907. The van der Waals surface area contributed by atoms with Gasteiger partial charge in [-0.25, -0.2) is 0 Å². The van der Waals surface area contributed by atoms with Crippen molar-refractivity contribution in [2.75, 3.05) is 19.7 Å². The van der Waals surface area contributed by atoms with Crippen LogP contribution in [0.5, 0.6) is 5.75 Å². The predicted molar refractivity (Wildman–Crippen MR) is 80.9 cm³/mol. The Morgan fingerprint density at radius 1 is 1.23 bits per heavy atom. The summed E-state index contributed by atoms with van der Waals surface area (Å²) in [5.74, 6) is -0.184. The number of carbonyl (C=O) groups excluding carboxylic acids is 1. The number of carboxylic acid groups (broad SMARTS) is 1. The highest BCUT2D eigenvalue weighted by atomic mass is 16.5. The molecule has 0 spiro atoms. The van der Waals surface area contributed by atoms with E-state index in [4.69, 9.17) is 9.84 Å².